The monoisotopic (exact) mass is 252 g/mol. The minimum Gasteiger partial charge on any atom is -0.347 e. The summed E-state index contributed by atoms with van der Waals surface area (Å²) in [5.41, 5.74) is 0.534. The van der Waals surface area contributed by atoms with Crippen LogP contribution in [0.25, 0.3) is 0 Å². The predicted molar refractivity (Wildman–Crippen MR) is 69.3 cm³/mol. The molecule has 0 aliphatic heterocycles. The van der Waals surface area contributed by atoms with Gasteiger partial charge in [-0.3, -0.25) is 9.59 Å². The molecule has 1 aromatic carbocycles. The maximum atomic E-state index is 12.0. The SMILES string of the molecule is CN(C)C(=O)CN(C)C(=O)c1cccc(S)c1. The van der Waals surface area contributed by atoms with E-state index in [1.54, 1.807) is 45.4 Å². The van der Waals surface area contributed by atoms with Crippen molar-refractivity contribution in [3.8, 4) is 0 Å². The number of benzene rings is 1. The molecule has 0 spiro atoms. The van der Waals surface area contributed by atoms with E-state index in [2.05, 4.69) is 12.6 Å². The second-order valence-electron chi connectivity index (χ2n) is 4.00. The molecule has 0 aliphatic carbocycles. The van der Waals surface area contributed by atoms with Gasteiger partial charge in [-0.2, -0.15) is 0 Å². The molecule has 0 atom stereocenters. The van der Waals surface area contributed by atoms with Crippen molar-refractivity contribution >= 4 is 24.4 Å². The molecule has 92 valence electrons. The van der Waals surface area contributed by atoms with E-state index in [0.29, 0.717) is 5.56 Å². The van der Waals surface area contributed by atoms with Gasteiger partial charge in [0.25, 0.3) is 5.91 Å². The van der Waals surface area contributed by atoms with Crippen molar-refractivity contribution in [1.29, 1.82) is 0 Å². The normalized spacial score (nSPS) is 9.88. The first-order valence-electron chi connectivity index (χ1n) is 5.16. The van der Waals surface area contributed by atoms with Gasteiger partial charge in [0.05, 0.1) is 6.54 Å². The molecule has 0 aromatic heterocycles. The Bertz CT molecular complexity index is 432. The smallest absolute Gasteiger partial charge is 0.254 e. The van der Waals surface area contributed by atoms with Gasteiger partial charge in [-0.05, 0) is 18.2 Å². The van der Waals surface area contributed by atoms with Crippen LogP contribution in [0.3, 0.4) is 0 Å². The molecule has 0 aliphatic rings. The standard InChI is InChI=1S/C12H16N2O2S/c1-13(2)11(15)8-14(3)12(16)9-5-4-6-10(17)7-9/h4-7,17H,8H2,1-3H3. The molecule has 1 aromatic rings. The van der Waals surface area contributed by atoms with Gasteiger partial charge in [0, 0.05) is 31.6 Å². The molecule has 0 heterocycles. The first-order valence-corrected chi connectivity index (χ1v) is 5.61. The lowest BCUT2D eigenvalue weighted by Crippen LogP contribution is -2.37. The fraction of sp³-hybridized carbons (Fsp3) is 0.333. The number of rotatable bonds is 3. The maximum Gasteiger partial charge on any atom is 0.254 e. The van der Waals surface area contributed by atoms with Gasteiger partial charge in [0.1, 0.15) is 0 Å². The van der Waals surface area contributed by atoms with E-state index in [9.17, 15) is 9.59 Å². The number of hydrogen-bond donors (Lipinski definition) is 1. The van der Waals surface area contributed by atoms with E-state index in [0.717, 1.165) is 4.90 Å². The number of carbonyl (C=O) groups excluding carboxylic acids is 2. The topological polar surface area (TPSA) is 40.6 Å². The first kappa shape index (κ1) is 13.6. The van der Waals surface area contributed by atoms with Crippen molar-refractivity contribution in [3.05, 3.63) is 29.8 Å². The molecule has 0 N–H and O–H groups in total. The van der Waals surface area contributed by atoms with Crippen LogP contribution in [0.1, 0.15) is 10.4 Å². The van der Waals surface area contributed by atoms with Crippen LogP contribution in [0, 0.1) is 0 Å². The number of hydrogen-bond acceptors (Lipinski definition) is 3. The van der Waals surface area contributed by atoms with Gasteiger partial charge < -0.3 is 9.80 Å². The highest BCUT2D eigenvalue weighted by Gasteiger charge is 2.15. The lowest BCUT2D eigenvalue weighted by molar-refractivity contribution is -0.129. The maximum absolute atomic E-state index is 12.0. The van der Waals surface area contributed by atoms with E-state index in [-0.39, 0.29) is 18.4 Å². The molecule has 0 saturated heterocycles. The zero-order chi connectivity index (χ0) is 13.0. The largest absolute Gasteiger partial charge is 0.347 e. The first-order chi connectivity index (χ1) is 7.91. The fourth-order valence-electron chi connectivity index (χ4n) is 1.28. The van der Waals surface area contributed by atoms with Crippen molar-refractivity contribution in [2.45, 2.75) is 4.90 Å². The molecule has 0 saturated carbocycles. The third kappa shape index (κ3) is 3.78. The van der Waals surface area contributed by atoms with Gasteiger partial charge in [0.15, 0.2) is 0 Å². The third-order valence-corrected chi connectivity index (χ3v) is 2.59. The van der Waals surface area contributed by atoms with Crippen LogP contribution < -0.4 is 0 Å². The Morgan fingerprint density at radius 2 is 1.88 bits per heavy atom. The molecule has 1 rings (SSSR count). The van der Waals surface area contributed by atoms with E-state index >= 15 is 0 Å². The lowest BCUT2D eigenvalue weighted by Gasteiger charge is -2.19. The third-order valence-electron chi connectivity index (χ3n) is 2.31. The Balaban J connectivity index is 2.73. The quantitative estimate of drug-likeness (QED) is 0.819. The molecule has 2 amide bonds. The molecule has 17 heavy (non-hydrogen) atoms. The number of likely N-dealkylation sites (N-methyl/N-ethyl adjacent to an activating group) is 2. The van der Waals surface area contributed by atoms with Crippen LogP contribution >= 0.6 is 12.6 Å². The van der Waals surface area contributed by atoms with Crippen molar-refractivity contribution in [2.24, 2.45) is 0 Å². The summed E-state index contributed by atoms with van der Waals surface area (Å²) < 4.78 is 0. The molecule has 0 unspecified atom stereocenters. The van der Waals surface area contributed by atoms with Crippen LogP contribution in [-0.4, -0.2) is 49.3 Å². The van der Waals surface area contributed by atoms with Crippen LogP contribution in [0.15, 0.2) is 29.2 Å². The Hall–Kier alpha value is -1.49. The van der Waals surface area contributed by atoms with E-state index in [4.69, 9.17) is 0 Å². The van der Waals surface area contributed by atoms with E-state index in [1.807, 2.05) is 0 Å². The molecular weight excluding hydrogens is 236 g/mol. The summed E-state index contributed by atoms with van der Waals surface area (Å²) in [5.74, 6) is -0.293. The van der Waals surface area contributed by atoms with Gasteiger partial charge in [-0.25, -0.2) is 0 Å². The zero-order valence-electron chi connectivity index (χ0n) is 10.2. The summed E-state index contributed by atoms with van der Waals surface area (Å²) in [5, 5.41) is 0. The highest BCUT2D eigenvalue weighted by molar-refractivity contribution is 7.80. The van der Waals surface area contributed by atoms with Gasteiger partial charge >= 0.3 is 0 Å². The minimum absolute atomic E-state index is 0.0721. The summed E-state index contributed by atoms with van der Waals surface area (Å²) in [7, 11) is 4.93. The van der Waals surface area contributed by atoms with Crippen molar-refractivity contribution in [1.82, 2.24) is 9.80 Å². The highest BCUT2D eigenvalue weighted by atomic mass is 32.1. The second-order valence-corrected chi connectivity index (χ2v) is 4.52. The average molecular weight is 252 g/mol. The van der Waals surface area contributed by atoms with Crippen LogP contribution in [0.2, 0.25) is 0 Å². The summed E-state index contributed by atoms with van der Waals surface area (Å²) in [4.78, 5) is 27.0. The molecule has 4 nitrogen and oxygen atoms in total. The summed E-state index contributed by atoms with van der Waals surface area (Å²) in [6, 6.07) is 6.95. The van der Waals surface area contributed by atoms with E-state index in [1.165, 1.54) is 9.80 Å². The fourth-order valence-corrected chi connectivity index (χ4v) is 1.50. The number of nitrogens with zero attached hydrogens (tertiary/aromatic N) is 2. The molecule has 0 fully saturated rings. The van der Waals surface area contributed by atoms with Crippen LogP contribution in [-0.2, 0) is 4.79 Å². The van der Waals surface area contributed by atoms with Crippen molar-refractivity contribution in [3.63, 3.8) is 0 Å². The molecule has 0 radical (unpaired) electrons. The average Bonchev–Trinajstić information content (AvgIpc) is 2.27. The molecule has 5 heteroatoms. The second kappa shape index (κ2) is 5.72. The minimum atomic E-state index is -0.184. The van der Waals surface area contributed by atoms with Crippen molar-refractivity contribution < 1.29 is 9.59 Å². The van der Waals surface area contributed by atoms with Crippen LogP contribution in [0.5, 0.6) is 0 Å². The summed E-state index contributed by atoms with van der Waals surface area (Å²) in [6.45, 7) is 0.0721. The summed E-state index contributed by atoms with van der Waals surface area (Å²) >= 11 is 4.17. The number of thiol groups is 1. The summed E-state index contributed by atoms with van der Waals surface area (Å²) in [6.07, 6.45) is 0. The highest BCUT2D eigenvalue weighted by Crippen LogP contribution is 2.10. The number of carbonyl (C=O) groups is 2. The number of amides is 2. The molecular formula is C12H16N2O2S. The van der Waals surface area contributed by atoms with E-state index < -0.39 is 0 Å². The lowest BCUT2D eigenvalue weighted by atomic mass is 10.2. The zero-order valence-corrected chi connectivity index (χ0v) is 11.1. The molecule has 0 bridgehead atoms. The van der Waals surface area contributed by atoms with Gasteiger partial charge in [0.2, 0.25) is 5.91 Å². The Labute approximate surface area is 107 Å². The Morgan fingerprint density at radius 3 is 2.41 bits per heavy atom. The van der Waals surface area contributed by atoms with Crippen LogP contribution in [0.4, 0.5) is 0 Å². The van der Waals surface area contributed by atoms with Gasteiger partial charge in [-0.15, -0.1) is 12.6 Å². The Kier molecular flexibility index (Phi) is 4.57. The van der Waals surface area contributed by atoms with Crippen molar-refractivity contribution in [2.75, 3.05) is 27.7 Å². The Morgan fingerprint density at radius 1 is 1.24 bits per heavy atom. The van der Waals surface area contributed by atoms with Gasteiger partial charge in [-0.1, -0.05) is 6.07 Å². The predicted octanol–water partition coefficient (Wildman–Crippen LogP) is 1.14.